The number of guanidine groups is 1. The normalized spacial score (nSPS) is 22.4. The van der Waals surface area contributed by atoms with Crippen LogP contribution in [0.5, 0.6) is 0 Å². The lowest BCUT2D eigenvalue weighted by Crippen LogP contribution is -2.45. The van der Waals surface area contributed by atoms with Crippen molar-refractivity contribution in [2.75, 3.05) is 46.4 Å². The van der Waals surface area contributed by atoms with E-state index in [0.29, 0.717) is 43.0 Å². The predicted octanol–water partition coefficient (Wildman–Crippen LogP) is 2.19. The highest BCUT2D eigenvalue weighted by molar-refractivity contribution is 14.0. The van der Waals surface area contributed by atoms with Gasteiger partial charge < -0.3 is 15.0 Å². The summed E-state index contributed by atoms with van der Waals surface area (Å²) in [5.41, 5.74) is 0. The van der Waals surface area contributed by atoms with Crippen molar-refractivity contribution in [1.82, 2.24) is 14.5 Å². The summed E-state index contributed by atoms with van der Waals surface area (Å²) >= 11 is 1.33. The monoisotopic (exact) mass is 528 g/mol. The van der Waals surface area contributed by atoms with E-state index in [1.165, 1.54) is 28.5 Å². The molecule has 2 fully saturated rings. The first-order valence-corrected chi connectivity index (χ1v) is 11.4. The number of sulfonamides is 1. The van der Waals surface area contributed by atoms with Crippen molar-refractivity contribution in [2.24, 2.45) is 10.9 Å². The standard InChI is InChI=1S/C17H28N4O3S2.HI/c1-14-4-3-7-20(13-14)17(18-2)19-12-15-5-6-16(25-15)26(22,23)21-8-10-24-11-9-21;/h5-6,14H,3-4,7-13H2,1-2H3,(H,18,19);1H. The fourth-order valence-corrected chi connectivity index (χ4v) is 6.24. The van der Waals surface area contributed by atoms with E-state index in [4.69, 9.17) is 4.74 Å². The van der Waals surface area contributed by atoms with Gasteiger partial charge in [-0.1, -0.05) is 6.92 Å². The molecule has 1 unspecified atom stereocenters. The quantitative estimate of drug-likeness (QED) is 0.369. The molecule has 154 valence electrons. The number of likely N-dealkylation sites (tertiary alicyclic amines) is 1. The first-order valence-electron chi connectivity index (χ1n) is 9.13. The van der Waals surface area contributed by atoms with Gasteiger partial charge in [0.05, 0.1) is 19.8 Å². The molecular formula is C17H29IN4O3S2. The van der Waals surface area contributed by atoms with E-state index in [9.17, 15) is 8.42 Å². The number of hydrogen-bond acceptors (Lipinski definition) is 5. The van der Waals surface area contributed by atoms with Gasteiger partial charge in [0.1, 0.15) is 4.21 Å². The van der Waals surface area contributed by atoms with Gasteiger partial charge in [-0.25, -0.2) is 8.42 Å². The molecule has 0 bridgehead atoms. The number of nitrogens with one attached hydrogen (secondary N) is 1. The number of piperidine rings is 1. The molecule has 2 aliphatic rings. The Morgan fingerprint density at radius 3 is 2.74 bits per heavy atom. The number of halogens is 1. The van der Waals surface area contributed by atoms with E-state index in [1.54, 1.807) is 13.1 Å². The van der Waals surface area contributed by atoms with Crippen LogP contribution in [0.4, 0.5) is 0 Å². The van der Waals surface area contributed by atoms with E-state index in [2.05, 4.69) is 22.1 Å². The summed E-state index contributed by atoms with van der Waals surface area (Å²) < 4.78 is 32.6. The average molecular weight is 528 g/mol. The Bertz CT molecular complexity index is 732. The number of aliphatic imine (C=N–C) groups is 1. The first kappa shape index (κ1) is 22.9. The molecule has 7 nitrogen and oxygen atoms in total. The van der Waals surface area contributed by atoms with Crippen molar-refractivity contribution in [3.63, 3.8) is 0 Å². The summed E-state index contributed by atoms with van der Waals surface area (Å²) in [5.74, 6) is 1.57. The Balaban J connectivity index is 0.00000261. The van der Waals surface area contributed by atoms with Crippen molar-refractivity contribution < 1.29 is 13.2 Å². The fourth-order valence-electron chi connectivity index (χ4n) is 3.39. The molecule has 0 amide bonds. The maximum atomic E-state index is 12.7. The van der Waals surface area contributed by atoms with Crippen LogP contribution in [-0.4, -0.2) is 70.0 Å². The molecule has 1 atom stereocenters. The Morgan fingerprint density at radius 2 is 2.07 bits per heavy atom. The van der Waals surface area contributed by atoms with Gasteiger partial charge in [0.15, 0.2) is 5.96 Å². The Labute approximate surface area is 183 Å². The SMILES string of the molecule is CN=C(NCc1ccc(S(=O)(=O)N2CCOCC2)s1)N1CCCC(C)C1.I. The minimum Gasteiger partial charge on any atom is -0.379 e. The Hall–Kier alpha value is -0.430. The first-order chi connectivity index (χ1) is 12.5. The van der Waals surface area contributed by atoms with Gasteiger partial charge in [0.2, 0.25) is 0 Å². The number of hydrogen-bond donors (Lipinski definition) is 1. The van der Waals surface area contributed by atoms with Gasteiger partial charge in [-0.15, -0.1) is 35.3 Å². The number of thiophene rings is 1. The third-order valence-corrected chi connectivity index (χ3v) is 8.24. The van der Waals surface area contributed by atoms with Crippen molar-refractivity contribution in [2.45, 2.75) is 30.5 Å². The molecule has 2 aliphatic heterocycles. The molecule has 10 heteroatoms. The van der Waals surface area contributed by atoms with Crippen LogP contribution in [0.25, 0.3) is 0 Å². The zero-order chi connectivity index (χ0) is 18.6. The minimum atomic E-state index is -3.41. The molecular weight excluding hydrogens is 499 g/mol. The molecule has 0 aliphatic carbocycles. The lowest BCUT2D eigenvalue weighted by Gasteiger charge is -2.33. The highest BCUT2D eigenvalue weighted by Crippen LogP contribution is 2.25. The molecule has 3 rings (SSSR count). The van der Waals surface area contributed by atoms with Crippen molar-refractivity contribution in [3.8, 4) is 0 Å². The van der Waals surface area contributed by atoms with Crippen LogP contribution >= 0.6 is 35.3 Å². The van der Waals surface area contributed by atoms with Crippen molar-refractivity contribution >= 4 is 51.3 Å². The second kappa shape index (κ2) is 10.4. The van der Waals surface area contributed by atoms with Crippen LogP contribution in [0.15, 0.2) is 21.3 Å². The minimum absolute atomic E-state index is 0. The average Bonchev–Trinajstić information content (AvgIpc) is 3.13. The molecule has 1 aromatic rings. The van der Waals surface area contributed by atoms with Crippen LogP contribution in [0, 0.1) is 5.92 Å². The molecule has 0 saturated carbocycles. The molecule has 2 saturated heterocycles. The molecule has 3 heterocycles. The summed E-state index contributed by atoms with van der Waals surface area (Å²) in [7, 11) is -1.61. The summed E-state index contributed by atoms with van der Waals surface area (Å²) in [6.45, 7) is 6.66. The Kier molecular flexibility index (Phi) is 8.78. The van der Waals surface area contributed by atoms with Gasteiger partial charge in [0.25, 0.3) is 10.0 Å². The van der Waals surface area contributed by atoms with Crippen LogP contribution in [0.1, 0.15) is 24.6 Å². The molecule has 0 spiro atoms. The predicted molar refractivity (Wildman–Crippen MR) is 119 cm³/mol. The van der Waals surface area contributed by atoms with E-state index in [0.717, 1.165) is 23.9 Å². The summed E-state index contributed by atoms with van der Waals surface area (Å²) in [4.78, 5) is 7.66. The number of morpholine rings is 1. The van der Waals surface area contributed by atoms with Crippen molar-refractivity contribution in [3.05, 3.63) is 17.0 Å². The lowest BCUT2D eigenvalue weighted by molar-refractivity contribution is 0.0731. The second-order valence-electron chi connectivity index (χ2n) is 6.83. The molecule has 1 N–H and O–H groups in total. The van der Waals surface area contributed by atoms with Gasteiger partial charge in [-0.3, -0.25) is 4.99 Å². The van der Waals surface area contributed by atoms with Crippen LogP contribution < -0.4 is 5.32 Å². The summed E-state index contributed by atoms with van der Waals surface area (Å²) in [6.07, 6.45) is 2.45. The van der Waals surface area contributed by atoms with Gasteiger partial charge in [-0.05, 0) is 30.9 Å². The smallest absolute Gasteiger partial charge is 0.252 e. The maximum absolute atomic E-state index is 12.7. The van der Waals surface area contributed by atoms with Crippen LogP contribution in [-0.2, 0) is 21.3 Å². The number of nitrogens with zero attached hydrogens (tertiary/aromatic N) is 3. The van der Waals surface area contributed by atoms with E-state index >= 15 is 0 Å². The van der Waals surface area contributed by atoms with Crippen LogP contribution in [0.2, 0.25) is 0 Å². The van der Waals surface area contributed by atoms with E-state index in [1.807, 2.05) is 6.07 Å². The van der Waals surface area contributed by atoms with E-state index < -0.39 is 10.0 Å². The number of rotatable bonds is 4. The summed E-state index contributed by atoms with van der Waals surface area (Å²) in [5, 5.41) is 3.38. The fraction of sp³-hybridized carbons (Fsp3) is 0.706. The Morgan fingerprint density at radius 1 is 1.33 bits per heavy atom. The number of ether oxygens (including phenoxy) is 1. The molecule has 0 radical (unpaired) electrons. The maximum Gasteiger partial charge on any atom is 0.252 e. The van der Waals surface area contributed by atoms with Crippen molar-refractivity contribution in [1.29, 1.82) is 0 Å². The molecule has 27 heavy (non-hydrogen) atoms. The largest absolute Gasteiger partial charge is 0.379 e. The van der Waals surface area contributed by atoms with Gasteiger partial charge in [-0.2, -0.15) is 4.31 Å². The summed E-state index contributed by atoms with van der Waals surface area (Å²) in [6, 6.07) is 3.59. The topological polar surface area (TPSA) is 74.2 Å². The molecule has 0 aromatic carbocycles. The molecule has 1 aromatic heterocycles. The van der Waals surface area contributed by atoms with E-state index in [-0.39, 0.29) is 24.0 Å². The lowest BCUT2D eigenvalue weighted by atomic mass is 10.0. The zero-order valence-electron chi connectivity index (χ0n) is 15.9. The van der Waals surface area contributed by atoms with Gasteiger partial charge >= 0.3 is 0 Å². The zero-order valence-corrected chi connectivity index (χ0v) is 19.9. The highest BCUT2D eigenvalue weighted by atomic mass is 127. The van der Waals surface area contributed by atoms with Crippen LogP contribution in [0.3, 0.4) is 0 Å². The third-order valence-electron chi connectivity index (χ3n) is 4.79. The third kappa shape index (κ3) is 5.78. The second-order valence-corrected chi connectivity index (χ2v) is 10.2. The highest BCUT2D eigenvalue weighted by Gasteiger charge is 2.27. The van der Waals surface area contributed by atoms with Gasteiger partial charge in [0, 0.05) is 38.1 Å².